The van der Waals surface area contributed by atoms with E-state index in [1.165, 1.54) is 0 Å². The molecule has 0 saturated carbocycles. The summed E-state index contributed by atoms with van der Waals surface area (Å²) in [6.45, 7) is 0. The number of aromatic nitrogens is 5. The van der Waals surface area contributed by atoms with Gasteiger partial charge in [-0.05, 0) is 52.6 Å². The maximum atomic E-state index is 6.67. The largest absolute Gasteiger partial charge is 0.456 e. The molecule has 12 aromatic rings. The molecule has 12 rings (SSSR count). The van der Waals surface area contributed by atoms with Gasteiger partial charge in [-0.3, -0.25) is 0 Å². The predicted octanol–water partition coefficient (Wildman–Crippen LogP) is 14.1. The first-order valence-corrected chi connectivity index (χ1v) is 20.5. The van der Waals surface area contributed by atoms with Crippen molar-refractivity contribution in [3.63, 3.8) is 0 Å². The van der Waals surface area contributed by atoms with Crippen LogP contribution < -0.4 is 0 Å². The van der Waals surface area contributed by atoms with Gasteiger partial charge in [0.15, 0.2) is 28.9 Å². The van der Waals surface area contributed by atoms with Crippen LogP contribution in [0.5, 0.6) is 0 Å². The van der Waals surface area contributed by atoms with Gasteiger partial charge < -0.3 is 8.83 Å². The average Bonchev–Trinajstić information content (AvgIpc) is 3.92. The average molecular weight is 796 g/mol. The lowest BCUT2D eigenvalue weighted by Gasteiger charge is -2.10. The molecule has 0 amide bonds. The Balaban J connectivity index is 0.990. The highest BCUT2D eigenvalue weighted by molar-refractivity contribution is 6.13. The summed E-state index contributed by atoms with van der Waals surface area (Å²) in [6, 6.07) is 67.6. The normalized spacial score (nSPS) is 11.5. The maximum absolute atomic E-state index is 6.67. The van der Waals surface area contributed by atoms with Crippen LogP contribution in [0.25, 0.3) is 123 Å². The first-order valence-electron chi connectivity index (χ1n) is 20.5. The highest BCUT2D eigenvalue weighted by Crippen LogP contribution is 2.41. The van der Waals surface area contributed by atoms with Gasteiger partial charge in [-0.25, -0.2) is 24.9 Å². The molecule has 0 aliphatic rings. The van der Waals surface area contributed by atoms with E-state index in [1.54, 1.807) is 0 Å². The highest BCUT2D eigenvalue weighted by atomic mass is 16.3. The van der Waals surface area contributed by atoms with Crippen LogP contribution in [-0.2, 0) is 0 Å². The van der Waals surface area contributed by atoms with Crippen molar-refractivity contribution >= 4 is 44.0 Å². The Morgan fingerprint density at radius 2 is 0.806 bits per heavy atom. The molecule has 7 nitrogen and oxygen atoms in total. The van der Waals surface area contributed by atoms with E-state index < -0.39 is 0 Å². The Bertz CT molecular complexity index is 3610. The minimum atomic E-state index is 0.564. The zero-order valence-electron chi connectivity index (χ0n) is 33.1. The first-order chi connectivity index (χ1) is 30.7. The maximum Gasteiger partial charge on any atom is 0.180 e. The van der Waals surface area contributed by atoms with E-state index in [4.69, 9.17) is 33.8 Å². The minimum Gasteiger partial charge on any atom is -0.456 e. The van der Waals surface area contributed by atoms with Crippen LogP contribution in [0.2, 0.25) is 0 Å². The van der Waals surface area contributed by atoms with Crippen molar-refractivity contribution in [2.24, 2.45) is 0 Å². The molecule has 4 heterocycles. The SMILES string of the molecule is c1ccc(-c2ccc(-c3nc(-c4ccccc4)nc(-c4cccc5oc6ccc(-c7ccc8c(c7)oc7c(-c9ccccc9)nc(-c9ccccc9)nc78)cc6c45)n3)cc2)cc1. The van der Waals surface area contributed by atoms with Crippen molar-refractivity contribution in [1.82, 2.24) is 24.9 Å². The molecule has 0 saturated heterocycles. The van der Waals surface area contributed by atoms with Gasteiger partial charge in [0, 0.05) is 44.0 Å². The molecular weight excluding hydrogens is 763 g/mol. The third kappa shape index (κ3) is 6.19. The molecule has 0 fully saturated rings. The highest BCUT2D eigenvalue weighted by Gasteiger charge is 2.21. The van der Waals surface area contributed by atoms with Gasteiger partial charge in [-0.15, -0.1) is 0 Å². The molecule has 290 valence electrons. The number of hydrogen-bond acceptors (Lipinski definition) is 7. The molecule has 0 N–H and O–H groups in total. The van der Waals surface area contributed by atoms with Crippen LogP contribution in [0.4, 0.5) is 0 Å². The molecule has 0 aliphatic carbocycles. The van der Waals surface area contributed by atoms with Gasteiger partial charge in [0.2, 0.25) is 0 Å². The third-order valence-electron chi connectivity index (χ3n) is 11.4. The van der Waals surface area contributed by atoms with Crippen molar-refractivity contribution in [2.45, 2.75) is 0 Å². The summed E-state index contributed by atoms with van der Waals surface area (Å²) in [5.74, 6) is 2.40. The molecule has 0 radical (unpaired) electrons. The van der Waals surface area contributed by atoms with Gasteiger partial charge in [-0.1, -0.05) is 170 Å². The Labute approximate surface area is 355 Å². The fourth-order valence-electron chi connectivity index (χ4n) is 8.31. The van der Waals surface area contributed by atoms with Crippen LogP contribution >= 0.6 is 0 Å². The number of benzene rings is 8. The minimum absolute atomic E-state index is 0.564. The van der Waals surface area contributed by atoms with Crippen molar-refractivity contribution in [1.29, 1.82) is 0 Å². The summed E-state index contributed by atoms with van der Waals surface area (Å²) >= 11 is 0. The molecule has 7 heteroatoms. The van der Waals surface area contributed by atoms with E-state index in [2.05, 4.69) is 97.1 Å². The topological polar surface area (TPSA) is 90.7 Å². The Morgan fingerprint density at radius 1 is 0.290 bits per heavy atom. The Hall–Kier alpha value is -8.55. The summed E-state index contributed by atoms with van der Waals surface area (Å²) < 4.78 is 13.2. The van der Waals surface area contributed by atoms with E-state index in [1.807, 2.05) is 103 Å². The van der Waals surface area contributed by atoms with Crippen molar-refractivity contribution < 1.29 is 8.83 Å². The monoisotopic (exact) mass is 795 g/mol. The zero-order chi connectivity index (χ0) is 41.0. The quantitative estimate of drug-likeness (QED) is 0.159. The van der Waals surface area contributed by atoms with E-state index in [0.29, 0.717) is 28.9 Å². The summed E-state index contributed by atoms with van der Waals surface area (Å²) in [5.41, 5.74) is 13.3. The summed E-state index contributed by atoms with van der Waals surface area (Å²) in [4.78, 5) is 25.4. The molecule has 0 unspecified atom stereocenters. The molecule has 0 aliphatic heterocycles. The van der Waals surface area contributed by atoms with Gasteiger partial charge in [0.1, 0.15) is 28.0 Å². The second-order valence-electron chi connectivity index (χ2n) is 15.2. The fourth-order valence-corrected chi connectivity index (χ4v) is 8.31. The van der Waals surface area contributed by atoms with Gasteiger partial charge in [-0.2, -0.15) is 0 Å². The molecule has 62 heavy (non-hydrogen) atoms. The standard InChI is InChI=1S/C55H33N5O2/c1-5-14-34(15-6-1)35-24-26-39(27-25-35)54-58-53(38-20-11-4-12-21-38)59-55(60-54)43-22-13-23-46-48(43)44-32-40(29-31-45(44)61-46)41-28-30-42-47(33-41)62-51-49(36-16-7-2-8-17-36)56-52(57-50(42)51)37-18-9-3-10-19-37/h1-33H. The van der Waals surface area contributed by atoms with Crippen LogP contribution in [-0.4, -0.2) is 24.9 Å². The van der Waals surface area contributed by atoms with Gasteiger partial charge in [0.25, 0.3) is 0 Å². The number of fused-ring (bicyclic) bond motifs is 6. The Kier molecular flexibility index (Phi) is 8.35. The number of furan rings is 2. The van der Waals surface area contributed by atoms with Crippen molar-refractivity contribution in [3.05, 3.63) is 200 Å². The second-order valence-corrected chi connectivity index (χ2v) is 15.2. The molecule has 0 atom stereocenters. The molecule has 0 bridgehead atoms. The Morgan fingerprint density at radius 3 is 1.48 bits per heavy atom. The van der Waals surface area contributed by atoms with Crippen molar-refractivity contribution in [2.75, 3.05) is 0 Å². The predicted molar refractivity (Wildman–Crippen MR) is 248 cm³/mol. The number of nitrogens with zero attached hydrogens (tertiary/aromatic N) is 5. The van der Waals surface area contributed by atoms with Crippen LogP contribution in [0, 0.1) is 0 Å². The zero-order valence-corrected chi connectivity index (χ0v) is 33.1. The smallest absolute Gasteiger partial charge is 0.180 e. The lowest BCUT2D eigenvalue weighted by molar-refractivity contribution is 0.667. The van der Waals surface area contributed by atoms with Crippen LogP contribution in [0.3, 0.4) is 0 Å². The molecule has 0 spiro atoms. The van der Waals surface area contributed by atoms with Crippen LogP contribution in [0.15, 0.2) is 209 Å². The third-order valence-corrected chi connectivity index (χ3v) is 11.4. The summed E-state index contributed by atoms with van der Waals surface area (Å²) in [7, 11) is 0. The van der Waals surface area contributed by atoms with E-state index in [0.717, 1.165) is 94.2 Å². The molecular formula is C55H33N5O2. The lowest BCUT2D eigenvalue weighted by atomic mass is 9.99. The van der Waals surface area contributed by atoms with E-state index in [-0.39, 0.29) is 0 Å². The fraction of sp³-hybridized carbons (Fsp3) is 0. The summed E-state index contributed by atoms with van der Waals surface area (Å²) in [5, 5.41) is 2.81. The van der Waals surface area contributed by atoms with Crippen LogP contribution in [0.1, 0.15) is 0 Å². The van der Waals surface area contributed by atoms with Gasteiger partial charge in [0.05, 0.1) is 0 Å². The summed E-state index contributed by atoms with van der Waals surface area (Å²) in [6.07, 6.45) is 0. The van der Waals surface area contributed by atoms with Gasteiger partial charge >= 0.3 is 0 Å². The van der Waals surface area contributed by atoms with E-state index >= 15 is 0 Å². The first kappa shape index (κ1) is 35.4. The lowest BCUT2D eigenvalue weighted by Crippen LogP contribution is -2.00. The van der Waals surface area contributed by atoms with E-state index in [9.17, 15) is 0 Å². The number of rotatable bonds is 7. The molecule has 8 aromatic carbocycles. The van der Waals surface area contributed by atoms with Crippen molar-refractivity contribution in [3.8, 4) is 79.1 Å². The number of hydrogen-bond donors (Lipinski definition) is 0. The second kappa shape index (κ2) is 14.6. The molecule has 4 aromatic heterocycles.